The maximum absolute atomic E-state index is 5.86. The van der Waals surface area contributed by atoms with Gasteiger partial charge in [-0.1, -0.05) is 25.1 Å². The molecule has 1 aromatic carbocycles. The molecule has 0 spiro atoms. The molecule has 1 heterocycles. The van der Waals surface area contributed by atoms with Crippen LogP contribution in [0.1, 0.15) is 31.7 Å². The molecule has 100 valence electrons. The van der Waals surface area contributed by atoms with Gasteiger partial charge >= 0.3 is 0 Å². The second-order valence-electron chi connectivity index (χ2n) is 5.64. The number of aromatic nitrogens is 1. The molecule has 1 aliphatic carbocycles. The molecule has 3 nitrogen and oxygen atoms in total. The van der Waals surface area contributed by atoms with E-state index in [1.54, 1.807) is 0 Å². The first kappa shape index (κ1) is 12.4. The first-order chi connectivity index (χ1) is 9.28. The Labute approximate surface area is 114 Å². The molecular formula is C16H21N3. The average molecular weight is 255 g/mol. The average Bonchev–Trinajstić information content (AvgIpc) is 2.85. The Balaban J connectivity index is 1.99. The predicted octanol–water partition coefficient (Wildman–Crippen LogP) is 3.29. The van der Waals surface area contributed by atoms with Crippen molar-refractivity contribution in [3.8, 4) is 0 Å². The van der Waals surface area contributed by atoms with Crippen molar-refractivity contribution in [3.63, 3.8) is 0 Å². The maximum atomic E-state index is 5.86. The highest BCUT2D eigenvalue weighted by molar-refractivity contribution is 5.92. The lowest BCUT2D eigenvalue weighted by molar-refractivity contribution is 0.602. The van der Waals surface area contributed by atoms with Crippen molar-refractivity contribution in [2.75, 3.05) is 5.32 Å². The number of nitrogens with zero attached hydrogens (tertiary/aromatic N) is 1. The summed E-state index contributed by atoms with van der Waals surface area (Å²) in [6.45, 7) is 2.86. The molecule has 0 aliphatic heterocycles. The minimum absolute atomic E-state index is 0.530. The van der Waals surface area contributed by atoms with Gasteiger partial charge in [-0.25, -0.2) is 0 Å². The van der Waals surface area contributed by atoms with Crippen molar-refractivity contribution in [1.29, 1.82) is 0 Å². The molecule has 1 aromatic heterocycles. The quantitative estimate of drug-likeness (QED) is 0.884. The number of benzene rings is 1. The molecule has 3 heteroatoms. The van der Waals surface area contributed by atoms with Crippen molar-refractivity contribution >= 4 is 16.6 Å². The van der Waals surface area contributed by atoms with Gasteiger partial charge in [-0.15, -0.1) is 0 Å². The second-order valence-corrected chi connectivity index (χ2v) is 5.64. The Morgan fingerprint density at radius 2 is 2.16 bits per heavy atom. The minimum atomic E-state index is 0.530. The fourth-order valence-electron chi connectivity index (χ4n) is 3.05. The third-order valence-corrected chi connectivity index (χ3v) is 4.12. The Morgan fingerprint density at radius 3 is 2.89 bits per heavy atom. The Kier molecular flexibility index (Phi) is 3.38. The minimum Gasteiger partial charge on any atom is -0.381 e. The van der Waals surface area contributed by atoms with Crippen LogP contribution in [0.3, 0.4) is 0 Å². The molecule has 1 aliphatic rings. The molecule has 3 N–H and O–H groups in total. The number of fused-ring (bicyclic) bond motifs is 1. The zero-order valence-corrected chi connectivity index (χ0v) is 11.4. The maximum Gasteiger partial charge on any atom is 0.0722 e. The number of pyridine rings is 1. The molecule has 1 fully saturated rings. The number of nitrogens with two attached hydrogens (primary N) is 1. The third kappa shape index (κ3) is 2.43. The third-order valence-electron chi connectivity index (χ3n) is 4.12. The van der Waals surface area contributed by atoms with Crippen LogP contribution in [0.25, 0.3) is 10.9 Å². The summed E-state index contributed by atoms with van der Waals surface area (Å²) in [4.78, 5) is 4.48. The monoisotopic (exact) mass is 255 g/mol. The fraction of sp³-hybridized carbons (Fsp3) is 0.438. The number of hydrogen-bond acceptors (Lipinski definition) is 3. The highest BCUT2D eigenvalue weighted by Crippen LogP contribution is 2.31. The van der Waals surface area contributed by atoms with Crippen molar-refractivity contribution < 1.29 is 0 Å². The summed E-state index contributed by atoms with van der Waals surface area (Å²) < 4.78 is 0. The Hall–Kier alpha value is -1.61. The van der Waals surface area contributed by atoms with Gasteiger partial charge in [0.05, 0.1) is 5.52 Å². The second kappa shape index (κ2) is 5.17. The Bertz CT molecular complexity index is 579. The van der Waals surface area contributed by atoms with Crippen LogP contribution in [-0.2, 0) is 6.54 Å². The normalized spacial score (nSPS) is 22.8. The van der Waals surface area contributed by atoms with E-state index in [9.17, 15) is 0 Å². The number of nitrogens with one attached hydrogen (secondary N) is 1. The fourth-order valence-corrected chi connectivity index (χ4v) is 3.05. The van der Waals surface area contributed by atoms with Crippen LogP contribution in [0.4, 0.5) is 5.69 Å². The molecule has 2 unspecified atom stereocenters. The molecule has 3 rings (SSSR count). The van der Waals surface area contributed by atoms with Crippen molar-refractivity contribution in [2.45, 2.75) is 38.8 Å². The van der Waals surface area contributed by atoms with Gasteiger partial charge in [0.15, 0.2) is 0 Å². The van der Waals surface area contributed by atoms with E-state index in [0.29, 0.717) is 12.6 Å². The van der Waals surface area contributed by atoms with E-state index in [0.717, 1.165) is 17.0 Å². The van der Waals surface area contributed by atoms with Gasteiger partial charge < -0.3 is 11.1 Å². The van der Waals surface area contributed by atoms with Gasteiger partial charge in [0, 0.05) is 35.4 Å². The summed E-state index contributed by atoms with van der Waals surface area (Å²) in [7, 11) is 0. The molecule has 0 radical (unpaired) electrons. The molecule has 0 amide bonds. The molecular weight excluding hydrogens is 234 g/mol. The topological polar surface area (TPSA) is 50.9 Å². The molecule has 2 aromatic rings. The number of anilines is 1. The molecule has 0 saturated heterocycles. The standard InChI is InChI=1S/C16H21N3/c1-11-6-7-13(8-11)19-16-12(9-17)10-18-15-5-3-2-4-14(15)16/h2-5,10-11,13H,6-9,17H2,1H3,(H,18,19). The highest BCUT2D eigenvalue weighted by Gasteiger charge is 2.22. The SMILES string of the molecule is CC1CCC(Nc2c(CN)cnc3ccccc23)C1. The smallest absolute Gasteiger partial charge is 0.0722 e. The zero-order chi connectivity index (χ0) is 13.2. The molecule has 19 heavy (non-hydrogen) atoms. The summed E-state index contributed by atoms with van der Waals surface area (Å²) in [5, 5.41) is 4.90. The van der Waals surface area contributed by atoms with E-state index in [4.69, 9.17) is 5.73 Å². The van der Waals surface area contributed by atoms with Crippen molar-refractivity contribution in [1.82, 2.24) is 4.98 Å². The molecule has 2 atom stereocenters. The summed E-state index contributed by atoms with van der Waals surface area (Å²) in [6.07, 6.45) is 5.73. The van der Waals surface area contributed by atoms with Crippen LogP contribution in [-0.4, -0.2) is 11.0 Å². The first-order valence-electron chi connectivity index (χ1n) is 7.11. The molecule has 0 bridgehead atoms. The number of rotatable bonds is 3. The lowest BCUT2D eigenvalue weighted by Gasteiger charge is -2.18. The van der Waals surface area contributed by atoms with Crippen LogP contribution >= 0.6 is 0 Å². The van der Waals surface area contributed by atoms with E-state index in [1.807, 2.05) is 12.3 Å². The predicted molar refractivity (Wildman–Crippen MR) is 80.1 cm³/mol. The van der Waals surface area contributed by atoms with E-state index >= 15 is 0 Å². The van der Waals surface area contributed by atoms with Crippen molar-refractivity contribution in [3.05, 3.63) is 36.0 Å². The van der Waals surface area contributed by atoms with Gasteiger partial charge in [0.2, 0.25) is 0 Å². The number of para-hydroxylation sites is 1. The van der Waals surface area contributed by atoms with Crippen molar-refractivity contribution in [2.24, 2.45) is 11.7 Å². The van der Waals surface area contributed by atoms with Crippen LogP contribution in [0, 0.1) is 5.92 Å². The lowest BCUT2D eigenvalue weighted by Crippen LogP contribution is -2.17. The van der Waals surface area contributed by atoms with Crippen LogP contribution in [0.15, 0.2) is 30.5 Å². The first-order valence-corrected chi connectivity index (χ1v) is 7.11. The van der Waals surface area contributed by atoms with Crippen LogP contribution < -0.4 is 11.1 Å². The lowest BCUT2D eigenvalue weighted by atomic mass is 10.1. The zero-order valence-electron chi connectivity index (χ0n) is 11.4. The summed E-state index contributed by atoms with van der Waals surface area (Å²) in [5.74, 6) is 0.826. The molecule has 1 saturated carbocycles. The van der Waals surface area contributed by atoms with Gasteiger partial charge in [0.1, 0.15) is 0 Å². The summed E-state index contributed by atoms with van der Waals surface area (Å²) in [6, 6.07) is 8.84. The number of hydrogen-bond donors (Lipinski definition) is 2. The van der Waals surface area contributed by atoms with E-state index in [-0.39, 0.29) is 0 Å². The largest absolute Gasteiger partial charge is 0.381 e. The van der Waals surface area contributed by atoms with Gasteiger partial charge in [-0.2, -0.15) is 0 Å². The summed E-state index contributed by atoms with van der Waals surface area (Å²) >= 11 is 0. The van der Waals surface area contributed by atoms with Crippen LogP contribution in [0.5, 0.6) is 0 Å². The summed E-state index contributed by atoms with van der Waals surface area (Å²) in [5.41, 5.74) is 9.20. The highest BCUT2D eigenvalue weighted by atomic mass is 14.9. The van der Waals surface area contributed by atoms with E-state index in [1.165, 1.54) is 30.3 Å². The van der Waals surface area contributed by atoms with E-state index in [2.05, 4.69) is 35.4 Å². The van der Waals surface area contributed by atoms with Gasteiger partial charge in [0.25, 0.3) is 0 Å². The van der Waals surface area contributed by atoms with Gasteiger partial charge in [-0.3, -0.25) is 4.98 Å². The Morgan fingerprint density at radius 1 is 1.32 bits per heavy atom. The van der Waals surface area contributed by atoms with Gasteiger partial charge in [-0.05, 0) is 31.2 Å². The van der Waals surface area contributed by atoms with E-state index < -0.39 is 0 Å². The van der Waals surface area contributed by atoms with Crippen LogP contribution in [0.2, 0.25) is 0 Å².